The zero-order chi connectivity index (χ0) is 22.1. The average molecular weight is 452 g/mol. The molecule has 0 aromatic heterocycles. The van der Waals surface area contributed by atoms with Crippen LogP contribution in [0.2, 0.25) is 0 Å². The van der Waals surface area contributed by atoms with Crippen molar-refractivity contribution in [2.24, 2.45) is 0 Å². The van der Waals surface area contributed by atoms with Crippen LogP contribution in [0, 0.1) is 6.92 Å². The molecular weight excluding hydrogens is 422 g/mol. The third-order valence-corrected chi connectivity index (χ3v) is 8.63. The number of hydrogen-bond acceptors (Lipinski definition) is 5. The molecular formula is C21H29N3O4S2. The van der Waals surface area contributed by atoms with Gasteiger partial charge >= 0.3 is 0 Å². The maximum Gasteiger partial charge on any atom is 0.261 e. The number of sulfonamides is 2. The highest BCUT2D eigenvalue weighted by Gasteiger charge is 2.24. The Kier molecular flexibility index (Phi) is 6.45. The minimum atomic E-state index is -3.87. The summed E-state index contributed by atoms with van der Waals surface area (Å²) in [7, 11) is -4.63. The van der Waals surface area contributed by atoms with Crippen LogP contribution in [0.1, 0.15) is 31.7 Å². The summed E-state index contributed by atoms with van der Waals surface area (Å²) in [6.07, 6.45) is 3.32. The molecule has 0 aliphatic carbocycles. The van der Waals surface area contributed by atoms with Crippen molar-refractivity contribution in [1.82, 2.24) is 4.31 Å². The molecule has 9 heteroatoms. The predicted octanol–water partition coefficient (Wildman–Crippen LogP) is 3.42. The largest absolute Gasteiger partial charge is 0.367 e. The van der Waals surface area contributed by atoms with Crippen LogP contribution in [0.5, 0.6) is 0 Å². The molecule has 1 unspecified atom stereocenters. The molecule has 164 valence electrons. The molecule has 0 radical (unpaired) electrons. The molecule has 1 N–H and O–H groups in total. The molecule has 0 saturated carbocycles. The van der Waals surface area contributed by atoms with Gasteiger partial charge in [0.1, 0.15) is 0 Å². The summed E-state index contributed by atoms with van der Waals surface area (Å²) in [5.41, 5.74) is 2.46. The van der Waals surface area contributed by atoms with E-state index in [0.717, 1.165) is 34.9 Å². The quantitative estimate of drug-likeness (QED) is 0.727. The van der Waals surface area contributed by atoms with Crippen molar-refractivity contribution in [2.45, 2.75) is 48.9 Å². The van der Waals surface area contributed by atoms with Crippen LogP contribution in [0.25, 0.3) is 0 Å². The molecule has 2 aromatic rings. The Morgan fingerprint density at radius 1 is 0.967 bits per heavy atom. The molecule has 1 fully saturated rings. The lowest BCUT2D eigenvalue weighted by molar-refractivity contribution is 0.485. The summed E-state index contributed by atoms with van der Waals surface area (Å²) >= 11 is 0. The third kappa shape index (κ3) is 4.63. The van der Waals surface area contributed by atoms with Crippen LogP contribution in [0.4, 0.5) is 11.4 Å². The summed E-state index contributed by atoms with van der Waals surface area (Å²) in [6.45, 7) is 5.03. The highest BCUT2D eigenvalue weighted by molar-refractivity contribution is 7.92. The van der Waals surface area contributed by atoms with Crippen LogP contribution >= 0.6 is 0 Å². The van der Waals surface area contributed by atoms with E-state index in [-0.39, 0.29) is 9.79 Å². The maximum atomic E-state index is 13.0. The monoisotopic (exact) mass is 451 g/mol. The van der Waals surface area contributed by atoms with Crippen molar-refractivity contribution < 1.29 is 16.8 Å². The summed E-state index contributed by atoms with van der Waals surface area (Å²) < 4.78 is 54.3. The van der Waals surface area contributed by atoms with Gasteiger partial charge in [0, 0.05) is 26.7 Å². The number of anilines is 2. The van der Waals surface area contributed by atoms with E-state index in [1.165, 1.54) is 44.8 Å². The second-order valence-electron chi connectivity index (χ2n) is 7.92. The standard InChI is InChI=1S/C21H29N3O4S2/c1-16-8-13-20(21(15-16)24-14-6-5-7-17(24)2)22-29(25,26)18-9-11-19(12-10-18)30(27,28)23(3)4/h8-13,15,17,22H,5-7,14H2,1-4H3. The Hall–Kier alpha value is -2.10. The number of piperidine rings is 1. The van der Waals surface area contributed by atoms with Crippen LogP contribution < -0.4 is 9.62 Å². The molecule has 1 saturated heterocycles. The fraction of sp³-hybridized carbons (Fsp3) is 0.429. The van der Waals surface area contributed by atoms with Crippen LogP contribution in [-0.2, 0) is 20.0 Å². The van der Waals surface area contributed by atoms with Gasteiger partial charge in [0.25, 0.3) is 10.0 Å². The zero-order valence-corrected chi connectivity index (χ0v) is 19.4. The van der Waals surface area contributed by atoms with Gasteiger partial charge in [0.05, 0.1) is 21.2 Å². The average Bonchev–Trinajstić information content (AvgIpc) is 2.69. The number of benzene rings is 2. The van der Waals surface area contributed by atoms with E-state index in [9.17, 15) is 16.8 Å². The Labute approximate surface area is 179 Å². The molecule has 7 nitrogen and oxygen atoms in total. The molecule has 0 bridgehead atoms. The topological polar surface area (TPSA) is 86.8 Å². The van der Waals surface area contributed by atoms with E-state index in [1.807, 2.05) is 19.1 Å². The molecule has 1 aliphatic rings. The van der Waals surface area contributed by atoms with Gasteiger partial charge in [-0.15, -0.1) is 0 Å². The Morgan fingerprint density at radius 3 is 2.20 bits per heavy atom. The van der Waals surface area contributed by atoms with Crippen molar-refractivity contribution in [1.29, 1.82) is 0 Å². The Morgan fingerprint density at radius 2 is 1.60 bits per heavy atom. The fourth-order valence-corrected chi connectivity index (χ4v) is 5.60. The van der Waals surface area contributed by atoms with Gasteiger partial charge in [0.15, 0.2) is 0 Å². The smallest absolute Gasteiger partial charge is 0.261 e. The molecule has 30 heavy (non-hydrogen) atoms. The SMILES string of the molecule is Cc1ccc(NS(=O)(=O)c2ccc(S(=O)(=O)N(C)C)cc2)c(N2CCCCC2C)c1. The predicted molar refractivity (Wildman–Crippen MR) is 120 cm³/mol. The second kappa shape index (κ2) is 8.56. The molecule has 2 aromatic carbocycles. The van der Waals surface area contributed by atoms with Gasteiger partial charge in [-0.3, -0.25) is 4.72 Å². The second-order valence-corrected chi connectivity index (χ2v) is 11.8. The number of nitrogens with zero attached hydrogens (tertiary/aromatic N) is 2. The Bertz CT molecular complexity index is 1110. The van der Waals surface area contributed by atoms with Gasteiger partial charge in [-0.2, -0.15) is 0 Å². The van der Waals surface area contributed by atoms with Gasteiger partial charge in [-0.1, -0.05) is 6.07 Å². The summed E-state index contributed by atoms with van der Waals surface area (Å²) in [5.74, 6) is 0. The maximum absolute atomic E-state index is 13.0. The lowest BCUT2D eigenvalue weighted by atomic mass is 10.0. The third-order valence-electron chi connectivity index (χ3n) is 5.42. The number of aryl methyl sites for hydroxylation is 1. The van der Waals surface area contributed by atoms with Crippen molar-refractivity contribution in [3.63, 3.8) is 0 Å². The first kappa shape index (κ1) is 22.6. The first-order valence-corrected chi connectivity index (χ1v) is 12.9. The van der Waals surface area contributed by atoms with Crippen molar-refractivity contribution in [3.05, 3.63) is 48.0 Å². The molecule has 1 atom stereocenters. The Balaban J connectivity index is 1.92. The van der Waals surface area contributed by atoms with E-state index in [1.54, 1.807) is 6.07 Å². The number of rotatable bonds is 6. The zero-order valence-electron chi connectivity index (χ0n) is 17.8. The normalized spacial score (nSPS) is 17.9. The molecule has 1 heterocycles. The summed E-state index contributed by atoms with van der Waals surface area (Å²) in [4.78, 5) is 2.31. The van der Waals surface area contributed by atoms with Gasteiger partial charge < -0.3 is 4.90 Å². The van der Waals surface area contributed by atoms with Gasteiger partial charge in [-0.05, 0) is 75.1 Å². The van der Waals surface area contributed by atoms with E-state index in [2.05, 4.69) is 16.5 Å². The minimum Gasteiger partial charge on any atom is -0.367 e. The van der Waals surface area contributed by atoms with Gasteiger partial charge in [-0.25, -0.2) is 21.1 Å². The van der Waals surface area contributed by atoms with Crippen LogP contribution in [0.15, 0.2) is 52.3 Å². The first-order valence-electron chi connectivity index (χ1n) is 9.95. The molecule has 0 amide bonds. The van der Waals surface area contributed by atoms with Gasteiger partial charge in [0.2, 0.25) is 10.0 Å². The molecule has 3 rings (SSSR count). The van der Waals surface area contributed by atoms with E-state index >= 15 is 0 Å². The highest BCUT2D eigenvalue weighted by atomic mass is 32.2. The van der Waals surface area contributed by atoms with Crippen molar-refractivity contribution in [2.75, 3.05) is 30.3 Å². The molecule has 0 spiro atoms. The highest BCUT2D eigenvalue weighted by Crippen LogP contribution is 2.33. The van der Waals surface area contributed by atoms with E-state index in [4.69, 9.17) is 0 Å². The summed E-state index contributed by atoms with van der Waals surface area (Å²) in [5, 5.41) is 0. The minimum absolute atomic E-state index is 0.0124. The van der Waals surface area contributed by atoms with Crippen LogP contribution in [0.3, 0.4) is 0 Å². The molecule has 1 aliphatic heterocycles. The lowest BCUT2D eigenvalue weighted by Gasteiger charge is -2.36. The summed E-state index contributed by atoms with van der Waals surface area (Å²) in [6, 6.07) is 11.3. The fourth-order valence-electron chi connectivity index (χ4n) is 3.63. The lowest BCUT2D eigenvalue weighted by Crippen LogP contribution is -2.38. The van der Waals surface area contributed by atoms with Crippen molar-refractivity contribution >= 4 is 31.4 Å². The van der Waals surface area contributed by atoms with E-state index in [0.29, 0.717) is 11.7 Å². The first-order chi connectivity index (χ1) is 14.0. The number of hydrogen-bond donors (Lipinski definition) is 1. The van der Waals surface area contributed by atoms with Crippen molar-refractivity contribution in [3.8, 4) is 0 Å². The van der Waals surface area contributed by atoms with Crippen LogP contribution in [-0.4, -0.2) is 47.8 Å². The van der Waals surface area contributed by atoms with E-state index < -0.39 is 20.0 Å². The number of nitrogens with one attached hydrogen (secondary N) is 1.